The van der Waals surface area contributed by atoms with Crippen LogP contribution in [0, 0.1) is 0 Å². The molecule has 0 aromatic carbocycles. The molecule has 0 bridgehead atoms. The first kappa shape index (κ1) is 13.1. The first-order valence-electron chi connectivity index (χ1n) is 6.26. The van der Waals surface area contributed by atoms with E-state index in [-0.39, 0.29) is 24.8 Å². The molecule has 8 heteroatoms. The summed E-state index contributed by atoms with van der Waals surface area (Å²) in [4.78, 5) is 37.6. The number of anilines is 1. The molecular weight excluding hydrogens is 278 g/mol. The topological polar surface area (TPSA) is 103 Å². The van der Waals surface area contributed by atoms with Gasteiger partial charge in [-0.25, -0.2) is 14.3 Å². The van der Waals surface area contributed by atoms with Crippen molar-refractivity contribution in [2.75, 3.05) is 11.9 Å². The van der Waals surface area contributed by atoms with Crippen molar-refractivity contribution in [1.82, 2.24) is 9.55 Å². The number of oxazole rings is 1. The monoisotopic (exact) mass is 289 g/mol. The Hall–Kier alpha value is -2.90. The van der Waals surface area contributed by atoms with Crippen molar-refractivity contribution in [2.24, 2.45) is 0 Å². The smallest absolute Gasteiger partial charge is 0.424 e. The van der Waals surface area contributed by atoms with Gasteiger partial charge < -0.3 is 19.3 Å². The van der Waals surface area contributed by atoms with Gasteiger partial charge in [0.2, 0.25) is 0 Å². The van der Waals surface area contributed by atoms with Crippen LogP contribution in [-0.4, -0.2) is 28.4 Å². The number of nitrogens with zero attached hydrogens (tertiary/aromatic N) is 2. The second-order valence-electron chi connectivity index (χ2n) is 4.39. The SMILES string of the molecule is O=CCCc1cn(-c2ccc3c(n2)NC(=O)CO3)c(=O)o1. The molecular formula is C13H11N3O5. The standard InChI is InChI=1S/C13H11N3O5/c17-5-1-2-8-6-16(13(19)21-8)10-4-3-9-12(14-10)15-11(18)7-20-9/h3-6H,1-2,7H2,(H,14,15,18). The number of fused-ring (bicyclic) bond motifs is 1. The largest absolute Gasteiger partial charge is 0.480 e. The molecule has 3 heterocycles. The highest BCUT2D eigenvalue weighted by Gasteiger charge is 2.18. The molecule has 0 saturated carbocycles. The van der Waals surface area contributed by atoms with Gasteiger partial charge in [-0.15, -0.1) is 0 Å². The van der Waals surface area contributed by atoms with Crippen LogP contribution in [0.3, 0.4) is 0 Å². The van der Waals surface area contributed by atoms with Crippen LogP contribution >= 0.6 is 0 Å². The quantitative estimate of drug-likeness (QED) is 0.811. The summed E-state index contributed by atoms with van der Waals surface area (Å²) in [7, 11) is 0. The summed E-state index contributed by atoms with van der Waals surface area (Å²) in [5, 5.41) is 2.56. The van der Waals surface area contributed by atoms with Gasteiger partial charge in [-0.1, -0.05) is 0 Å². The summed E-state index contributed by atoms with van der Waals surface area (Å²) >= 11 is 0. The molecule has 3 rings (SSSR count). The lowest BCUT2D eigenvalue weighted by Gasteiger charge is -2.17. The molecule has 1 amide bonds. The van der Waals surface area contributed by atoms with Gasteiger partial charge in [-0.2, -0.15) is 0 Å². The van der Waals surface area contributed by atoms with E-state index in [1.807, 2.05) is 0 Å². The van der Waals surface area contributed by atoms with Gasteiger partial charge >= 0.3 is 5.76 Å². The number of carbonyl (C=O) groups excluding carboxylic acids is 2. The van der Waals surface area contributed by atoms with E-state index in [4.69, 9.17) is 9.15 Å². The molecule has 0 unspecified atom stereocenters. The Labute approximate surface area is 118 Å². The van der Waals surface area contributed by atoms with Crippen molar-refractivity contribution in [2.45, 2.75) is 12.8 Å². The molecule has 1 aliphatic rings. The Balaban J connectivity index is 1.95. The van der Waals surface area contributed by atoms with Gasteiger partial charge in [0.15, 0.2) is 18.2 Å². The number of rotatable bonds is 4. The summed E-state index contributed by atoms with van der Waals surface area (Å²) in [6.45, 7) is -0.0600. The van der Waals surface area contributed by atoms with Crippen LogP contribution < -0.4 is 15.8 Å². The van der Waals surface area contributed by atoms with Gasteiger partial charge in [0.05, 0.1) is 6.20 Å². The third-order valence-corrected chi connectivity index (χ3v) is 2.90. The molecule has 108 valence electrons. The van der Waals surface area contributed by atoms with E-state index in [1.165, 1.54) is 10.8 Å². The van der Waals surface area contributed by atoms with E-state index in [0.29, 0.717) is 23.7 Å². The summed E-state index contributed by atoms with van der Waals surface area (Å²) in [5.74, 6) is 0.477. The van der Waals surface area contributed by atoms with E-state index in [2.05, 4.69) is 10.3 Å². The maximum atomic E-state index is 11.8. The molecule has 2 aromatic heterocycles. The summed E-state index contributed by atoms with van der Waals surface area (Å²) in [6, 6.07) is 3.19. The van der Waals surface area contributed by atoms with Gasteiger partial charge in [0.25, 0.3) is 5.91 Å². The molecule has 0 fully saturated rings. The Morgan fingerprint density at radius 3 is 3.05 bits per heavy atom. The molecule has 2 aromatic rings. The molecule has 1 N–H and O–H groups in total. The Morgan fingerprint density at radius 1 is 1.38 bits per heavy atom. The maximum Gasteiger partial charge on any atom is 0.424 e. The fourth-order valence-corrected chi connectivity index (χ4v) is 1.95. The number of ether oxygens (including phenoxy) is 1. The lowest BCUT2D eigenvalue weighted by atomic mass is 10.3. The third kappa shape index (κ3) is 2.55. The van der Waals surface area contributed by atoms with E-state index in [9.17, 15) is 14.4 Å². The van der Waals surface area contributed by atoms with E-state index < -0.39 is 5.76 Å². The molecule has 0 spiro atoms. The number of aromatic nitrogens is 2. The highest BCUT2D eigenvalue weighted by molar-refractivity contribution is 5.94. The van der Waals surface area contributed by atoms with Gasteiger partial charge in [-0.3, -0.25) is 4.79 Å². The predicted octanol–water partition coefficient (Wildman–Crippen LogP) is 0.288. The lowest BCUT2D eigenvalue weighted by molar-refractivity contribution is -0.118. The van der Waals surface area contributed by atoms with E-state index >= 15 is 0 Å². The van der Waals surface area contributed by atoms with Crippen LogP contribution in [0.25, 0.3) is 5.82 Å². The average molecular weight is 289 g/mol. The highest BCUT2D eigenvalue weighted by Crippen LogP contribution is 2.26. The van der Waals surface area contributed by atoms with Crippen LogP contribution in [0.1, 0.15) is 12.2 Å². The summed E-state index contributed by atoms with van der Waals surface area (Å²) < 4.78 is 11.4. The highest BCUT2D eigenvalue weighted by atomic mass is 16.5. The van der Waals surface area contributed by atoms with Crippen molar-refractivity contribution in [1.29, 1.82) is 0 Å². The van der Waals surface area contributed by atoms with E-state index in [0.717, 1.165) is 6.29 Å². The zero-order valence-corrected chi connectivity index (χ0v) is 10.9. The number of nitrogens with one attached hydrogen (secondary N) is 1. The van der Waals surface area contributed by atoms with Crippen molar-refractivity contribution >= 4 is 18.0 Å². The number of pyridine rings is 1. The number of carbonyl (C=O) groups is 2. The van der Waals surface area contributed by atoms with Crippen LogP contribution in [0.2, 0.25) is 0 Å². The normalized spacial score (nSPS) is 13.2. The van der Waals surface area contributed by atoms with Crippen molar-refractivity contribution < 1.29 is 18.7 Å². The Morgan fingerprint density at radius 2 is 2.24 bits per heavy atom. The second-order valence-corrected chi connectivity index (χ2v) is 4.39. The average Bonchev–Trinajstić information content (AvgIpc) is 2.85. The fraction of sp³-hybridized carbons (Fsp3) is 0.231. The molecule has 0 radical (unpaired) electrons. The third-order valence-electron chi connectivity index (χ3n) is 2.90. The van der Waals surface area contributed by atoms with E-state index in [1.54, 1.807) is 12.1 Å². The number of hydrogen-bond acceptors (Lipinski definition) is 6. The van der Waals surface area contributed by atoms with Gasteiger partial charge in [-0.05, 0) is 12.1 Å². The summed E-state index contributed by atoms with van der Waals surface area (Å²) in [5.41, 5.74) is 0. The molecule has 0 saturated heterocycles. The Bertz CT molecular complexity index is 761. The zero-order valence-electron chi connectivity index (χ0n) is 10.9. The minimum atomic E-state index is -0.605. The number of aldehydes is 1. The van der Waals surface area contributed by atoms with Crippen molar-refractivity contribution in [3.8, 4) is 11.6 Å². The predicted molar refractivity (Wildman–Crippen MR) is 70.6 cm³/mol. The second kappa shape index (κ2) is 5.23. The van der Waals surface area contributed by atoms with Crippen molar-refractivity contribution in [3.05, 3.63) is 34.6 Å². The van der Waals surface area contributed by atoms with Gasteiger partial charge in [0.1, 0.15) is 17.9 Å². The van der Waals surface area contributed by atoms with Crippen LogP contribution in [-0.2, 0) is 16.0 Å². The first-order chi connectivity index (χ1) is 10.2. The fourth-order valence-electron chi connectivity index (χ4n) is 1.95. The van der Waals surface area contributed by atoms with Gasteiger partial charge in [0, 0.05) is 12.8 Å². The number of aryl methyl sites for hydroxylation is 1. The Kier molecular flexibility index (Phi) is 3.27. The van der Waals surface area contributed by atoms with Crippen LogP contribution in [0.15, 0.2) is 27.5 Å². The summed E-state index contributed by atoms with van der Waals surface area (Å²) in [6.07, 6.45) is 2.85. The number of hydrogen-bond donors (Lipinski definition) is 1. The molecule has 0 aliphatic carbocycles. The maximum absolute atomic E-state index is 11.8. The molecule has 0 atom stereocenters. The van der Waals surface area contributed by atoms with Crippen LogP contribution in [0.4, 0.5) is 5.82 Å². The van der Waals surface area contributed by atoms with Crippen molar-refractivity contribution in [3.63, 3.8) is 0 Å². The minimum absolute atomic E-state index is 0.0600. The number of amides is 1. The molecule has 21 heavy (non-hydrogen) atoms. The minimum Gasteiger partial charge on any atom is -0.480 e. The lowest BCUT2D eigenvalue weighted by Crippen LogP contribution is -2.26. The first-order valence-corrected chi connectivity index (χ1v) is 6.26. The zero-order chi connectivity index (χ0) is 14.8. The molecule has 8 nitrogen and oxygen atoms in total. The molecule has 1 aliphatic heterocycles. The van der Waals surface area contributed by atoms with Crippen LogP contribution in [0.5, 0.6) is 5.75 Å².